The fraction of sp³-hybridized carbons (Fsp3) is 0.444. The Morgan fingerprint density at radius 3 is 2.73 bits per heavy atom. The number of benzene rings is 1. The number of hydrogen-bond donors (Lipinski definition) is 1. The van der Waals surface area contributed by atoms with Crippen molar-refractivity contribution in [3.63, 3.8) is 0 Å². The van der Waals surface area contributed by atoms with Crippen LogP contribution in [0.15, 0.2) is 41.3 Å². The summed E-state index contributed by atoms with van der Waals surface area (Å²) in [6, 6.07) is 9.20. The van der Waals surface area contributed by atoms with Crippen LogP contribution in [0.3, 0.4) is 0 Å². The van der Waals surface area contributed by atoms with Crippen LogP contribution in [0.25, 0.3) is 0 Å². The maximum Gasteiger partial charge on any atom is 0.285 e. The van der Waals surface area contributed by atoms with Gasteiger partial charge in [0.25, 0.3) is 5.56 Å². The Bertz CT molecular complexity index is 801. The van der Waals surface area contributed by atoms with Gasteiger partial charge in [-0.25, -0.2) is 0 Å². The van der Waals surface area contributed by atoms with E-state index in [2.05, 4.69) is 26.4 Å². The second kappa shape index (κ2) is 7.65. The van der Waals surface area contributed by atoms with Crippen molar-refractivity contribution in [3.8, 4) is 11.5 Å². The van der Waals surface area contributed by atoms with Gasteiger partial charge >= 0.3 is 0 Å². The summed E-state index contributed by atoms with van der Waals surface area (Å²) in [5.41, 5.74) is 4.01. The van der Waals surface area contributed by atoms with E-state index in [0.717, 1.165) is 49.9 Å². The van der Waals surface area contributed by atoms with Crippen LogP contribution in [-0.4, -0.2) is 67.3 Å². The molecule has 2 aromatic rings. The van der Waals surface area contributed by atoms with Crippen LogP contribution in [-0.2, 0) is 0 Å². The fourth-order valence-corrected chi connectivity index (χ4v) is 3.31. The average Bonchev–Trinajstić information content (AvgIpc) is 2.70. The third kappa shape index (κ3) is 3.60. The molecule has 1 fully saturated rings. The highest BCUT2D eigenvalue weighted by Gasteiger charge is 2.23. The molecule has 0 spiro atoms. The van der Waals surface area contributed by atoms with Gasteiger partial charge in [-0.3, -0.25) is 9.69 Å². The minimum atomic E-state index is -0.145. The molecule has 1 aromatic carbocycles. The van der Waals surface area contributed by atoms with E-state index in [9.17, 15) is 4.79 Å². The van der Waals surface area contributed by atoms with E-state index in [1.54, 1.807) is 12.3 Å². The van der Waals surface area contributed by atoms with Gasteiger partial charge in [-0.2, -0.15) is 5.10 Å². The Hall–Kier alpha value is -2.74. The summed E-state index contributed by atoms with van der Waals surface area (Å²) in [6.07, 6.45) is 1.60. The molecule has 1 aromatic heterocycles. The Morgan fingerprint density at radius 2 is 1.88 bits per heavy atom. The molecule has 2 aliphatic heterocycles. The van der Waals surface area contributed by atoms with Crippen molar-refractivity contribution in [1.82, 2.24) is 14.8 Å². The molecule has 8 nitrogen and oxygen atoms in total. The molecule has 1 saturated heterocycles. The molecule has 0 aliphatic carbocycles. The van der Waals surface area contributed by atoms with Gasteiger partial charge in [0.1, 0.15) is 13.2 Å². The quantitative estimate of drug-likeness (QED) is 0.829. The number of para-hydroxylation sites is 1. The standard InChI is InChI=1S/C18H23N5O3/c24-17-5-2-6-19-23(17)20-7-8-21-9-11-22(12-10-21)15-3-1-4-16-18(15)26-14-13-25-16/h1-6,20H,7-14H2. The first kappa shape index (κ1) is 16.7. The zero-order chi connectivity index (χ0) is 17.8. The normalized spacial score (nSPS) is 17.2. The van der Waals surface area contributed by atoms with Crippen molar-refractivity contribution in [3.05, 3.63) is 46.9 Å². The molecule has 1 N–H and O–H groups in total. The van der Waals surface area contributed by atoms with Crippen LogP contribution < -0.4 is 25.4 Å². The maximum absolute atomic E-state index is 11.6. The van der Waals surface area contributed by atoms with Gasteiger partial charge in [-0.05, 0) is 18.2 Å². The minimum absolute atomic E-state index is 0.145. The van der Waals surface area contributed by atoms with Crippen molar-refractivity contribution < 1.29 is 9.47 Å². The Labute approximate surface area is 151 Å². The first-order valence-electron chi connectivity index (χ1n) is 8.95. The summed E-state index contributed by atoms with van der Waals surface area (Å²) in [6.45, 7) is 6.54. The third-order valence-corrected chi connectivity index (χ3v) is 4.66. The van der Waals surface area contributed by atoms with E-state index in [-0.39, 0.29) is 5.56 Å². The Kier molecular flexibility index (Phi) is 4.92. The SMILES string of the molecule is O=c1cccnn1NCCN1CCN(c2cccc3c2OCCO3)CC1. The number of aromatic nitrogens is 2. The Balaban J connectivity index is 1.29. The van der Waals surface area contributed by atoms with Gasteiger partial charge in [0, 0.05) is 51.5 Å². The highest BCUT2D eigenvalue weighted by Crippen LogP contribution is 2.39. The van der Waals surface area contributed by atoms with E-state index in [4.69, 9.17) is 9.47 Å². The second-order valence-corrected chi connectivity index (χ2v) is 6.31. The van der Waals surface area contributed by atoms with Gasteiger partial charge in [-0.15, -0.1) is 4.79 Å². The molecule has 0 bridgehead atoms. The number of nitrogens with one attached hydrogen (secondary N) is 1. The van der Waals surface area contributed by atoms with Gasteiger partial charge in [-0.1, -0.05) is 6.07 Å². The number of fused-ring (bicyclic) bond motifs is 1. The Morgan fingerprint density at radius 1 is 1.04 bits per heavy atom. The first-order chi connectivity index (χ1) is 12.8. The van der Waals surface area contributed by atoms with Crippen LogP contribution in [0.1, 0.15) is 0 Å². The van der Waals surface area contributed by atoms with Gasteiger partial charge in [0.05, 0.1) is 5.69 Å². The van der Waals surface area contributed by atoms with E-state index in [0.29, 0.717) is 19.8 Å². The molecule has 138 valence electrons. The van der Waals surface area contributed by atoms with Crippen LogP contribution in [0, 0.1) is 0 Å². The number of hydrogen-bond acceptors (Lipinski definition) is 7. The highest BCUT2D eigenvalue weighted by molar-refractivity contribution is 5.65. The number of ether oxygens (including phenoxy) is 2. The monoisotopic (exact) mass is 357 g/mol. The lowest BCUT2D eigenvalue weighted by molar-refractivity contribution is 0.171. The minimum Gasteiger partial charge on any atom is -0.486 e. The van der Waals surface area contributed by atoms with Gasteiger partial charge in [0.2, 0.25) is 0 Å². The van der Waals surface area contributed by atoms with Crippen molar-refractivity contribution >= 4 is 5.69 Å². The van der Waals surface area contributed by atoms with Gasteiger partial charge < -0.3 is 19.8 Å². The molecular weight excluding hydrogens is 334 g/mol. The van der Waals surface area contributed by atoms with Crippen molar-refractivity contribution in [1.29, 1.82) is 0 Å². The van der Waals surface area contributed by atoms with Crippen molar-refractivity contribution in [2.75, 3.05) is 62.8 Å². The van der Waals surface area contributed by atoms with E-state index in [1.807, 2.05) is 12.1 Å². The summed E-state index contributed by atoms with van der Waals surface area (Å²) in [7, 11) is 0. The third-order valence-electron chi connectivity index (χ3n) is 4.66. The number of rotatable bonds is 5. The highest BCUT2D eigenvalue weighted by atomic mass is 16.6. The molecule has 3 heterocycles. The molecule has 2 aliphatic rings. The molecule has 0 atom stereocenters. The molecule has 26 heavy (non-hydrogen) atoms. The molecule has 8 heteroatoms. The van der Waals surface area contributed by atoms with Crippen molar-refractivity contribution in [2.45, 2.75) is 0 Å². The number of piperazine rings is 1. The van der Waals surface area contributed by atoms with Gasteiger partial charge in [0.15, 0.2) is 11.5 Å². The summed E-state index contributed by atoms with van der Waals surface area (Å²) >= 11 is 0. The fourth-order valence-electron chi connectivity index (χ4n) is 3.31. The van der Waals surface area contributed by atoms with E-state index >= 15 is 0 Å². The zero-order valence-electron chi connectivity index (χ0n) is 14.6. The number of anilines is 1. The largest absolute Gasteiger partial charge is 0.486 e. The van der Waals surface area contributed by atoms with Crippen LogP contribution in [0.2, 0.25) is 0 Å². The van der Waals surface area contributed by atoms with Crippen LogP contribution in [0.5, 0.6) is 11.5 Å². The van der Waals surface area contributed by atoms with Crippen molar-refractivity contribution in [2.24, 2.45) is 0 Å². The molecule has 0 unspecified atom stereocenters. The van der Waals surface area contributed by atoms with Crippen LogP contribution in [0.4, 0.5) is 5.69 Å². The summed E-state index contributed by atoms with van der Waals surface area (Å²) < 4.78 is 11.5. The zero-order valence-corrected chi connectivity index (χ0v) is 14.6. The lowest BCUT2D eigenvalue weighted by Crippen LogP contribution is -2.48. The first-order valence-corrected chi connectivity index (χ1v) is 8.95. The predicted octanol–water partition coefficient (Wildman–Crippen LogP) is 0.380. The summed E-state index contributed by atoms with van der Waals surface area (Å²) in [4.78, 5) is 17.6. The molecule has 4 rings (SSSR count). The topological polar surface area (TPSA) is 71.9 Å². The second-order valence-electron chi connectivity index (χ2n) is 6.31. The predicted molar refractivity (Wildman–Crippen MR) is 98.8 cm³/mol. The molecule has 0 radical (unpaired) electrons. The van der Waals surface area contributed by atoms with Crippen LogP contribution >= 0.6 is 0 Å². The molecule has 0 amide bonds. The number of nitrogens with zero attached hydrogens (tertiary/aromatic N) is 4. The molecule has 0 saturated carbocycles. The summed E-state index contributed by atoms with van der Waals surface area (Å²) in [5.74, 6) is 1.70. The smallest absolute Gasteiger partial charge is 0.285 e. The summed E-state index contributed by atoms with van der Waals surface area (Å²) in [5, 5.41) is 3.99. The lowest BCUT2D eigenvalue weighted by atomic mass is 10.2. The maximum atomic E-state index is 11.6. The lowest BCUT2D eigenvalue weighted by Gasteiger charge is -2.37. The van der Waals surface area contributed by atoms with E-state index in [1.165, 1.54) is 10.9 Å². The average molecular weight is 357 g/mol. The van der Waals surface area contributed by atoms with E-state index < -0.39 is 0 Å². The molecular formula is C18H23N5O3.